The molecule has 0 radical (unpaired) electrons. The Labute approximate surface area is 339 Å². The van der Waals surface area contributed by atoms with Gasteiger partial charge in [0.25, 0.3) is 5.91 Å². The Morgan fingerprint density at radius 1 is 1.14 bits per heavy atom. The van der Waals surface area contributed by atoms with Gasteiger partial charge in [0.1, 0.15) is 11.4 Å². The molecule has 0 unspecified atom stereocenters. The van der Waals surface area contributed by atoms with Gasteiger partial charge in [-0.25, -0.2) is 21.6 Å². The number of fused-ring (bicyclic) bond motifs is 4. The average molecular weight is 832 g/mol. The summed E-state index contributed by atoms with van der Waals surface area (Å²) >= 11 is 6.51. The second-order valence-corrected chi connectivity index (χ2v) is 21.9. The maximum absolute atomic E-state index is 13.5. The van der Waals surface area contributed by atoms with Crippen LogP contribution < -0.4 is 14.4 Å². The van der Waals surface area contributed by atoms with Crippen molar-refractivity contribution in [3.63, 3.8) is 0 Å². The number of aryl methyl sites for hydroxylation is 1. The molecule has 5 aliphatic rings. The van der Waals surface area contributed by atoms with E-state index in [-0.39, 0.29) is 40.4 Å². The normalized spacial score (nSPS) is 27.8. The first-order valence-electron chi connectivity index (χ1n) is 20.5. The Kier molecular flexibility index (Phi) is 12.2. The Balaban J connectivity index is 1.22. The third-order valence-corrected chi connectivity index (χ3v) is 16.6. The van der Waals surface area contributed by atoms with E-state index in [2.05, 4.69) is 57.6 Å². The molecule has 1 amide bonds. The summed E-state index contributed by atoms with van der Waals surface area (Å²) in [7, 11) is -6.89. The SMILES string of the molecule is CC/C=C/[C@@](CN1CCN2CCS(=O)(=O)C[C@H]2C1)(OCC)[C@@H]1CC[C@H]1CN1C[C@@]2(CCCc3cc(Cl)ccc32)COc2ccc(C(=O)NS(=O)(=O)C(C)C)cc21. The first-order valence-corrected chi connectivity index (χ1v) is 24.3. The summed E-state index contributed by atoms with van der Waals surface area (Å²) in [6, 6.07) is 11.4. The first-order chi connectivity index (χ1) is 26.7. The van der Waals surface area contributed by atoms with E-state index in [1.165, 1.54) is 11.1 Å². The summed E-state index contributed by atoms with van der Waals surface area (Å²) < 4.78 is 66.6. The number of nitrogens with zero attached hydrogens (tertiary/aromatic N) is 3. The number of piperazine rings is 1. The van der Waals surface area contributed by atoms with Gasteiger partial charge < -0.3 is 14.4 Å². The number of carbonyl (C=O) groups is 1. The standard InChI is InChI=1S/C42H59ClN4O7S2/c1-5-7-17-42(54-6-2,28-45-18-19-46-20-21-55(49,50)26-35(46)25-45)37-13-10-33(37)24-47-27-41(16-8-9-31-22-34(43)12-14-36(31)41)29-53-39-15-11-32(23-38(39)47)40(48)44-56(51,52)30(3)4/h7,11-12,14-15,17,22-23,30,33,35,37H,5-6,8-10,13,16,18-21,24-29H2,1-4H3,(H,44,48)/b17-7+/t33-,35+,37+,41-,42-/m0/s1. The van der Waals surface area contributed by atoms with Crippen molar-refractivity contribution in [3.05, 3.63) is 70.3 Å². The molecule has 56 heavy (non-hydrogen) atoms. The molecular weight excluding hydrogens is 772 g/mol. The number of sulfonamides is 1. The van der Waals surface area contributed by atoms with E-state index in [1.54, 1.807) is 26.0 Å². The molecule has 1 spiro atoms. The minimum Gasteiger partial charge on any atom is -0.490 e. The molecular formula is C42H59ClN4O7S2. The second-order valence-electron chi connectivity index (χ2n) is 17.0. The number of hydrogen-bond donors (Lipinski definition) is 1. The molecule has 308 valence electrons. The van der Waals surface area contributed by atoms with Crippen molar-refractivity contribution in [2.75, 3.05) is 75.4 Å². The van der Waals surface area contributed by atoms with Crippen molar-refractivity contribution >= 4 is 43.1 Å². The highest BCUT2D eigenvalue weighted by atomic mass is 35.5. The monoisotopic (exact) mass is 830 g/mol. The number of halogens is 1. The van der Waals surface area contributed by atoms with Crippen LogP contribution in [0.3, 0.4) is 0 Å². The van der Waals surface area contributed by atoms with Crippen LogP contribution in [0, 0.1) is 11.8 Å². The van der Waals surface area contributed by atoms with Crippen LogP contribution in [0.1, 0.15) is 81.3 Å². The molecule has 2 saturated heterocycles. The second kappa shape index (κ2) is 16.5. The summed E-state index contributed by atoms with van der Waals surface area (Å²) in [5, 5.41) is -0.0342. The van der Waals surface area contributed by atoms with E-state index < -0.39 is 36.6 Å². The van der Waals surface area contributed by atoms with E-state index in [9.17, 15) is 21.6 Å². The fraction of sp³-hybridized carbons (Fsp3) is 0.643. The highest BCUT2D eigenvalue weighted by Crippen LogP contribution is 2.49. The highest BCUT2D eigenvalue weighted by molar-refractivity contribution is 7.91. The number of allylic oxidation sites excluding steroid dienone is 1. The molecule has 0 aromatic heterocycles. The lowest BCUT2D eigenvalue weighted by Crippen LogP contribution is -2.63. The molecule has 2 aliphatic carbocycles. The van der Waals surface area contributed by atoms with Crippen LogP contribution in [0.15, 0.2) is 48.6 Å². The van der Waals surface area contributed by atoms with Crippen LogP contribution in [0.25, 0.3) is 0 Å². The zero-order valence-corrected chi connectivity index (χ0v) is 35.7. The third-order valence-electron chi connectivity index (χ3n) is 13.0. The van der Waals surface area contributed by atoms with E-state index in [1.807, 2.05) is 12.1 Å². The van der Waals surface area contributed by atoms with Crippen LogP contribution in [0.5, 0.6) is 5.75 Å². The Bertz CT molecular complexity index is 2030. The first kappa shape index (κ1) is 41.5. The topological polar surface area (TPSA) is 126 Å². The molecule has 1 N–H and O–H groups in total. The van der Waals surface area contributed by atoms with Gasteiger partial charge in [0.05, 0.1) is 29.0 Å². The number of nitrogens with one attached hydrogen (secondary N) is 1. The van der Waals surface area contributed by atoms with Crippen LogP contribution in [0.2, 0.25) is 5.02 Å². The van der Waals surface area contributed by atoms with Gasteiger partial charge in [0.15, 0.2) is 9.84 Å². The molecule has 7 rings (SSSR count). The predicted octanol–water partition coefficient (Wildman–Crippen LogP) is 5.46. The van der Waals surface area contributed by atoms with Crippen molar-refractivity contribution in [1.29, 1.82) is 0 Å². The lowest BCUT2D eigenvalue weighted by atomic mass is 9.63. The Hall–Kier alpha value is -2.68. The Morgan fingerprint density at radius 2 is 1.96 bits per heavy atom. The van der Waals surface area contributed by atoms with Crippen molar-refractivity contribution in [3.8, 4) is 5.75 Å². The maximum atomic E-state index is 13.5. The van der Waals surface area contributed by atoms with Crippen LogP contribution in [-0.2, 0) is 36.4 Å². The van der Waals surface area contributed by atoms with Crippen LogP contribution in [0.4, 0.5) is 5.69 Å². The van der Waals surface area contributed by atoms with Gasteiger partial charge in [-0.15, -0.1) is 0 Å². The largest absolute Gasteiger partial charge is 0.490 e. The van der Waals surface area contributed by atoms with Crippen molar-refractivity contribution in [1.82, 2.24) is 14.5 Å². The van der Waals surface area contributed by atoms with E-state index in [0.717, 1.165) is 62.3 Å². The predicted molar refractivity (Wildman–Crippen MR) is 222 cm³/mol. The molecule has 2 aromatic rings. The van der Waals surface area contributed by atoms with Crippen molar-refractivity contribution in [2.24, 2.45) is 11.8 Å². The molecule has 0 bridgehead atoms. The number of amides is 1. The van der Waals surface area contributed by atoms with Gasteiger partial charge in [-0.1, -0.05) is 36.7 Å². The van der Waals surface area contributed by atoms with E-state index in [4.69, 9.17) is 21.1 Å². The molecule has 2 aromatic carbocycles. The zero-order chi connectivity index (χ0) is 39.9. The number of ether oxygens (including phenoxy) is 2. The summed E-state index contributed by atoms with van der Waals surface area (Å²) in [4.78, 5) is 20.6. The van der Waals surface area contributed by atoms with Gasteiger partial charge in [-0.3, -0.25) is 14.6 Å². The number of benzene rings is 2. The Morgan fingerprint density at radius 3 is 2.70 bits per heavy atom. The number of carbonyl (C=O) groups excluding carboxylic acids is 1. The number of sulfone groups is 1. The lowest BCUT2D eigenvalue weighted by molar-refractivity contribution is -0.114. The minimum absolute atomic E-state index is 0.00543. The average Bonchev–Trinajstić information content (AvgIpc) is 3.28. The molecule has 3 heterocycles. The van der Waals surface area contributed by atoms with E-state index >= 15 is 0 Å². The number of rotatable bonds is 12. The van der Waals surface area contributed by atoms with Crippen LogP contribution >= 0.6 is 11.6 Å². The highest BCUT2D eigenvalue weighted by Gasteiger charge is 2.50. The summed E-state index contributed by atoms with van der Waals surface area (Å²) in [6.07, 6.45) is 10.3. The van der Waals surface area contributed by atoms with Gasteiger partial charge in [0.2, 0.25) is 10.0 Å². The zero-order valence-electron chi connectivity index (χ0n) is 33.3. The van der Waals surface area contributed by atoms with Gasteiger partial charge in [0, 0.05) is 74.5 Å². The number of anilines is 1. The van der Waals surface area contributed by atoms with Crippen molar-refractivity contribution in [2.45, 2.75) is 88.5 Å². The minimum atomic E-state index is -3.83. The van der Waals surface area contributed by atoms with Crippen molar-refractivity contribution < 1.29 is 31.1 Å². The fourth-order valence-electron chi connectivity index (χ4n) is 9.89. The smallest absolute Gasteiger partial charge is 0.264 e. The molecule has 3 fully saturated rings. The summed E-state index contributed by atoms with van der Waals surface area (Å²) in [5.41, 5.74) is 2.65. The lowest BCUT2D eigenvalue weighted by Gasteiger charge is -2.53. The van der Waals surface area contributed by atoms with E-state index in [0.29, 0.717) is 51.7 Å². The third kappa shape index (κ3) is 8.54. The van der Waals surface area contributed by atoms with Gasteiger partial charge in [-0.05, 0) is 113 Å². The quantitative estimate of drug-likeness (QED) is 0.276. The van der Waals surface area contributed by atoms with Gasteiger partial charge in [-0.2, -0.15) is 0 Å². The molecule has 3 aliphatic heterocycles. The van der Waals surface area contributed by atoms with Gasteiger partial charge >= 0.3 is 0 Å². The number of hydrogen-bond acceptors (Lipinski definition) is 10. The molecule has 11 nitrogen and oxygen atoms in total. The molecule has 14 heteroatoms. The summed E-state index contributed by atoms with van der Waals surface area (Å²) in [6.45, 7) is 13.4. The molecule has 5 atom stereocenters. The fourth-order valence-corrected chi connectivity index (χ4v) is 12.3. The molecule has 1 saturated carbocycles. The maximum Gasteiger partial charge on any atom is 0.264 e. The summed E-state index contributed by atoms with van der Waals surface area (Å²) in [5.74, 6) is 0.898. The van der Waals surface area contributed by atoms with Crippen LogP contribution in [-0.4, -0.2) is 120 Å².